The summed E-state index contributed by atoms with van der Waals surface area (Å²) in [6.07, 6.45) is 4.02. The molecule has 0 bridgehead atoms. The quantitative estimate of drug-likeness (QED) is 0.599. The van der Waals surface area contributed by atoms with Crippen LogP contribution in [-0.4, -0.2) is 23.6 Å². The van der Waals surface area contributed by atoms with Gasteiger partial charge in [0.25, 0.3) is 0 Å². The Bertz CT molecular complexity index is 234. The van der Waals surface area contributed by atoms with E-state index in [9.17, 15) is 0 Å². The van der Waals surface area contributed by atoms with Gasteiger partial charge >= 0.3 is 0 Å². The smallest absolute Gasteiger partial charge is 0.0159 e. The third-order valence-corrected chi connectivity index (χ3v) is 2.18. The van der Waals surface area contributed by atoms with E-state index in [1.54, 1.807) is 0 Å². The van der Waals surface area contributed by atoms with E-state index in [0.717, 1.165) is 25.9 Å². The van der Waals surface area contributed by atoms with E-state index >= 15 is 0 Å². The molecule has 0 spiro atoms. The molecule has 0 saturated carbocycles. The second kappa shape index (κ2) is 5.17. The van der Waals surface area contributed by atoms with Crippen molar-refractivity contribution < 1.29 is 0 Å². The minimum atomic E-state index is -0.0561. The molecule has 4 N–H and O–H groups in total. The summed E-state index contributed by atoms with van der Waals surface area (Å²) >= 11 is 0. The Morgan fingerprint density at radius 3 is 2.79 bits per heavy atom. The summed E-state index contributed by atoms with van der Waals surface area (Å²) in [7, 11) is 0. The Labute approximate surface area is 86.1 Å². The summed E-state index contributed by atoms with van der Waals surface area (Å²) in [5.74, 6) is 0. The monoisotopic (exact) mass is 195 g/mol. The molecule has 1 heterocycles. The zero-order valence-electron chi connectivity index (χ0n) is 9.14. The summed E-state index contributed by atoms with van der Waals surface area (Å²) in [6, 6.07) is 4.13. The first-order chi connectivity index (χ1) is 6.58. The number of aromatic nitrogens is 1. The molecule has 1 aromatic rings. The number of hydrogen-bond donors (Lipinski definition) is 3. The van der Waals surface area contributed by atoms with Crippen LogP contribution < -0.4 is 11.1 Å². The zero-order valence-corrected chi connectivity index (χ0v) is 9.14. The second-order valence-corrected chi connectivity index (χ2v) is 4.43. The topological polar surface area (TPSA) is 53.8 Å². The Balaban J connectivity index is 2.00. The van der Waals surface area contributed by atoms with Crippen LogP contribution in [0.25, 0.3) is 0 Å². The van der Waals surface area contributed by atoms with Crippen molar-refractivity contribution in [2.24, 2.45) is 5.73 Å². The molecule has 0 radical (unpaired) electrons. The molecule has 0 aliphatic carbocycles. The van der Waals surface area contributed by atoms with Crippen molar-refractivity contribution in [3.8, 4) is 0 Å². The summed E-state index contributed by atoms with van der Waals surface area (Å²) in [6.45, 7) is 6.11. The minimum Gasteiger partial charge on any atom is -0.365 e. The van der Waals surface area contributed by atoms with Crippen LogP contribution in [-0.2, 0) is 6.42 Å². The average molecular weight is 195 g/mol. The molecule has 1 rings (SSSR count). The first-order valence-corrected chi connectivity index (χ1v) is 5.20. The molecular formula is C11H21N3. The van der Waals surface area contributed by atoms with Crippen LogP contribution in [0.2, 0.25) is 0 Å². The standard InChI is InChI=1S/C11H21N3/c1-11(2,12)6-9-13-8-5-10-4-3-7-14-10/h3-4,7,13-14H,5-6,8-9,12H2,1-2H3. The van der Waals surface area contributed by atoms with Crippen LogP contribution in [0.15, 0.2) is 18.3 Å². The number of nitrogens with one attached hydrogen (secondary N) is 2. The van der Waals surface area contributed by atoms with Crippen LogP contribution in [0.1, 0.15) is 26.0 Å². The largest absolute Gasteiger partial charge is 0.365 e. The number of hydrogen-bond acceptors (Lipinski definition) is 2. The maximum Gasteiger partial charge on any atom is 0.0159 e. The van der Waals surface area contributed by atoms with Gasteiger partial charge in [-0.15, -0.1) is 0 Å². The lowest BCUT2D eigenvalue weighted by Gasteiger charge is -2.18. The van der Waals surface area contributed by atoms with Gasteiger partial charge in [-0.3, -0.25) is 0 Å². The Morgan fingerprint density at radius 2 is 2.21 bits per heavy atom. The highest BCUT2D eigenvalue weighted by Gasteiger charge is 2.08. The summed E-state index contributed by atoms with van der Waals surface area (Å²) in [4.78, 5) is 3.18. The summed E-state index contributed by atoms with van der Waals surface area (Å²) in [5, 5.41) is 3.38. The lowest BCUT2D eigenvalue weighted by Crippen LogP contribution is -2.36. The molecule has 0 saturated heterocycles. The van der Waals surface area contributed by atoms with Gasteiger partial charge in [0.05, 0.1) is 0 Å². The lowest BCUT2D eigenvalue weighted by atomic mass is 10.0. The van der Waals surface area contributed by atoms with Gasteiger partial charge in [-0.05, 0) is 45.4 Å². The molecule has 0 aromatic carbocycles. The molecule has 14 heavy (non-hydrogen) atoms. The first-order valence-electron chi connectivity index (χ1n) is 5.20. The highest BCUT2D eigenvalue weighted by molar-refractivity contribution is 5.03. The van der Waals surface area contributed by atoms with Gasteiger partial charge in [-0.2, -0.15) is 0 Å². The molecule has 3 nitrogen and oxygen atoms in total. The van der Waals surface area contributed by atoms with E-state index in [1.165, 1.54) is 5.69 Å². The molecule has 0 aliphatic heterocycles. The second-order valence-electron chi connectivity index (χ2n) is 4.43. The van der Waals surface area contributed by atoms with Gasteiger partial charge in [-0.25, -0.2) is 0 Å². The fourth-order valence-corrected chi connectivity index (χ4v) is 1.28. The number of H-pyrrole nitrogens is 1. The van der Waals surface area contributed by atoms with Crippen LogP contribution in [0.4, 0.5) is 0 Å². The lowest BCUT2D eigenvalue weighted by molar-refractivity contribution is 0.456. The van der Waals surface area contributed by atoms with Crippen LogP contribution in [0, 0.1) is 0 Å². The van der Waals surface area contributed by atoms with Gasteiger partial charge in [0, 0.05) is 24.0 Å². The number of nitrogens with two attached hydrogens (primary N) is 1. The van der Waals surface area contributed by atoms with E-state index in [2.05, 4.69) is 30.2 Å². The van der Waals surface area contributed by atoms with Crippen LogP contribution in [0.3, 0.4) is 0 Å². The van der Waals surface area contributed by atoms with E-state index in [-0.39, 0.29) is 5.54 Å². The van der Waals surface area contributed by atoms with Crippen molar-refractivity contribution >= 4 is 0 Å². The average Bonchev–Trinajstić information content (AvgIpc) is 2.54. The Morgan fingerprint density at radius 1 is 1.43 bits per heavy atom. The molecule has 80 valence electrons. The number of aromatic amines is 1. The van der Waals surface area contributed by atoms with E-state index in [0.29, 0.717) is 0 Å². The zero-order chi connectivity index (χ0) is 10.4. The highest BCUT2D eigenvalue weighted by atomic mass is 14.9. The highest BCUT2D eigenvalue weighted by Crippen LogP contribution is 2.01. The Hall–Kier alpha value is -0.800. The molecule has 0 atom stereocenters. The fraction of sp³-hybridized carbons (Fsp3) is 0.636. The molecule has 0 fully saturated rings. The van der Waals surface area contributed by atoms with Crippen molar-refractivity contribution in [1.82, 2.24) is 10.3 Å². The molecule has 3 heteroatoms. The van der Waals surface area contributed by atoms with Gasteiger partial charge in [-0.1, -0.05) is 0 Å². The van der Waals surface area contributed by atoms with Crippen molar-refractivity contribution in [3.05, 3.63) is 24.0 Å². The third kappa shape index (κ3) is 5.04. The Kier molecular flexibility index (Phi) is 4.17. The maximum absolute atomic E-state index is 5.87. The fourth-order valence-electron chi connectivity index (χ4n) is 1.28. The van der Waals surface area contributed by atoms with Crippen molar-refractivity contribution in [2.75, 3.05) is 13.1 Å². The van der Waals surface area contributed by atoms with Gasteiger partial charge in [0.15, 0.2) is 0 Å². The van der Waals surface area contributed by atoms with Gasteiger partial charge < -0.3 is 16.0 Å². The summed E-state index contributed by atoms with van der Waals surface area (Å²) in [5.41, 5.74) is 7.09. The molecule has 0 amide bonds. The molecule has 1 aromatic heterocycles. The van der Waals surface area contributed by atoms with Gasteiger partial charge in [0.2, 0.25) is 0 Å². The predicted molar refractivity (Wildman–Crippen MR) is 60.2 cm³/mol. The van der Waals surface area contributed by atoms with Crippen molar-refractivity contribution in [1.29, 1.82) is 0 Å². The third-order valence-electron chi connectivity index (χ3n) is 2.18. The predicted octanol–water partition coefficient (Wildman–Crippen LogP) is 1.27. The normalized spacial score (nSPS) is 11.9. The molecule has 0 aliphatic rings. The van der Waals surface area contributed by atoms with Crippen LogP contribution in [0.5, 0.6) is 0 Å². The number of rotatable bonds is 6. The maximum atomic E-state index is 5.87. The van der Waals surface area contributed by atoms with Crippen molar-refractivity contribution in [2.45, 2.75) is 32.2 Å². The van der Waals surface area contributed by atoms with Crippen LogP contribution >= 0.6 is 0 Å². The molecular weight excluding hydrogens is 174 g/mol. The molecule has 0 unspecified atom stereocenters. The van der Waals surface area contributed by atoms with E-state index < -0.39 is 0 Å². The van der Waals surface area contributed by atoms with E-state index in [4.69, 9.17) is 5.73 Å². The van der Waals surface area contributed by atoms with Crippen molar-refractivity contribution in [3.63, 3.8) is 0 Å². The van der Waals surface area contributed by atoms with Gasteiger partial charge in [0.1, 0.15) is 0 Å². The minimum absolute atomic E-state index is 0.0561. The SMILES string of the molecule is CC(C)(N)CCNCCc1ccc[nH]1. The summed E-state index contributed by atoms with van der Waals surface area (Å²) < 4.78 is 0. The first kappa shape index (κ1) is 11.3. The van der Waals surface area contributed by atoms with E-state index in [1.807, 2.05) is 12.3 Å².